The Hall–Kier alpha value is -1.35. The SMILES string of the molecule is Cc1ccc(CCC(=O)NCC(C)N)cc1. The summed E-state index contributed by atoms with van der Waals surface area (Å²) in [5, 5.41) is 2.80. The fourth-order valence-electron chi connectivity index (χ4n) is 1.38. The van der Waals surface area contributed by atoms with Gasteiger partial charge in [0.05, 0.1) is 0 Å². The van der Waals surface area contributed by atoms with Crippen molar-refractivity contribution >= 4 is 5.91 Å². The van der Waals surface area contributed by atoms with Crippen LogP contribution in [0.2, 0.25) is 0 Å². The van der Waals surface area contributed by atoms with Crippen LogP contribution in [0.4, 0.5) is 0 Å². The van der Waals surface area contributed by atoms with Crippen LogP contribution >= 0.6 is 0 Å². The van der Waals surface area contributed by atoms with Gasteiger partial charge >= 0.3 is 0 Å². The van der Waals surface area contributed by atoms with Crippen molar-refractivity contribution < 1.29 is 4.79 Å². The summed E-state index contributed by atoms with van der Waals surface area (Å²) in [6, 6.07) is 8.27. The molecule has 0 bridgehead atoms. The minimum atomic E-state index is 0.0170. The lowest BCUT2D eigenvalue weighted by atomic mass is 10.1. The van der Waals surface area contributed by atoms with E-state index in [0.717, 1.165) is 6.42 Å². The Morgan fingerprint density at radius 1 is 1.38 bits per heavy atom. The molecular formula is C13H20N2O. The van der Waals surface area contributed by atoms with E-state index in [4.69, 9.17) is 5.73 Å². The highest BCUT2D eigenvalue weighted by atomic mass is 16.1. The van der Waals surface area contributed by atoms with E-state index in [1.54, 1.807) is 0 Å². The zero-order valence-corrected chi connectivity index (χ0v) is 9.99. The molecule has 3 nitrogen and oxygen atoms in total. The third kappa shape index (κ3) is 4.94. The zero-order valence-electron chi connectivity index (χ0n) is 9.99. The first-order valence-corrected chi connectivity index (χ1v) is 5.66. The van der Waals surface area contributed by atoms with E-state index in [0.29, 0.717) is 13.0 Å². The number of carbonyl (C=O) groups excluding carboxylic acids is 1. The van der Waals surface area contributed by atoms with Crippen molar-refractivity contribution in [2.75, 3.05) is 6.54 Å². The number of nitrogens with two attached hydrogens (primary N) is 1. The highest BCUT2D eigenvalue weighted by Crippen LogP contribution is 2.05. The second kappa shape index (κ2) is 6.28. The molecule has 0 spiro atoms. The number of hydrogen-bond donors (Lipinski definition) is 2. The van der Waals surface area contributed by atoms with E-state index in [-0.39, 0.29) is 11.9 Å². The molecule has 1 atom stereocenters. The van der Waals surface area contributed by atoms with Crippen LogP contribution in [0.1, 0.15) is 24.5 Å². The van der Waals surface area contributed by atoms with E-state index >= 15 is 0 Å². The van der Waals surface area contributed by atoms with Crippen molar-refractivity contribution in [3.8, 4) is 0 Å². The minimum Gasteiger partial charge on any atom is -0.355 e. The molecule has 0 heterocycles. The number of amides is 1. The molecule has 0 aliphatic carbocycles. The molecule has 1 rings (SSSR count). The van der Waals surface area contributed by atoms with Crippen molar-refractivity contribution in [2.24, 2.45) is 5.73 Å². The van der Waals surface area contributed by atoms with Crippen LogP contribution < -0.4 is 11.1 Å². The molecular weight excluding hydrogens is 200 g/mol. The molecule has 16 heavy (non-hydrogen) atoms. The summed E-state index contributed by atoms with van der Waals surface area (Å²) in [7, 11) is 0. The number of carbonyl (C=O) groups is 1. The average molecular weight is 220 g/mol. The van der Waals surface area contributed by atoms with Gasteiger partial charge in [0, 0.05) is 19.0 Å². The fourth-order valence-corrected chi connectivity index (χ4v) is 1.38. The largest absolute Gasteiger partial charge is 0.355 e. The number of hydrogen-bond acceptors (Lipinski definition) is 2. The van der Waals surface area contributed by atoms with Gasteiger partial charge in [-0.1, -0.05) is 29.8 Å². The van der Waals surface area contributed by atoms with Gasteiger partial charge in [0.2, 0.25) is 5.91 Å². The Labute approximate surface area is 97.0 Å². The first kappa shape index (κ1) is 12.7. The van der Waals surface area contributed by atoms with Gasteiger partial charge in [0.25, 0.3) is 0 Å². The average Bonchev–Trinajstić information content (AvgIpc) is 2.25. The molecule has 1 aromatic rings. The van der Waals surface area contributed by atoms with E-state index in [9.17, 15) is 4.79 Å². The third-order valence-electron chi connectivity index (χ3n) is 2.38. The lowest BCUT2D eigenvalue weighted by Crippen LogP contribution is -2.35. The van der Waals surface area contributed by atoms with Gasteiger partial charge in [-0.15, -0.1) is 0 Å². The molecule has 0 aliphatic heterocycles. The van der Waals surface area contributed by atoms with Crippen LogP contribution in [0.25, 0.3) is 0 Å². The number of nitrogens with one attached hydrogen (secondary N) is 1. The summed E-state index contributed by atoms with van der Waals surface area (Å²) in [4.78, 5) is 11.4. The monoisotopic (exact) mass is 220 g/mol. The Balaban J connectivity index is 2.29. The summed E-state index contributed by atoms with van der Waals surface area (Å²) in [6.07, 6.45) is 1.31. The van der Waals surface area contributed by atoms with E-state index in [2.05, 4.69) is 36.5 Å². The minimum absolute atomic E-state index is 0.0170. The Kier molecular flexibility index (Phi) is 4.99. The van der Waals surface area contributed by atoms with E-state index < -0.39 is 0 Å². The maximum atomic E-state index is 11.4. The topological polar surface area (TPSA) is 55.1 Å². The zero-order chi connectivity index (χ0) is 12.0. The van der Waals surface area contributed by atoms with Crippen LogP contribution in [0.15, 0.2) is 24.3 Å². The van der Waals surface area contributed by atoms with E-state index in [1.165, 1.54) is 11.1 Å². The molecule has 3 heteroatoms. The van der Waals surface area contributed by atoms with Gasteiger partial charge in [-0.3, -0.25) is 4.79 Å². The van der Waals surface area contributed by atoms with Gasteiger partial charge in [-0.25, -0.2) is 0 Å². The molecule has 0 saturated heterocycles. The van der Waals surface area contributed by atoms with Gasteiger partial charge in [-0.2, -0.15) is 0 Å². The maximum Gasteiger partial charge on any atom is 0.220 e. The molecule has 0 aromatic heterocycles. The quantitative estimate of drug-likeness (QED) is 0.788. The number of aryl methyl sites for hydroxylation is 2. The Morgan fingerprint density at radius 3 is 2.56 bits per heavy atom. The summed E-state index contributed by atoms with van der Waals surface area (Å²) in [5.41, 5.74) is 7.99. The maximum absolute atomic E-state index is 11.4. The second-order valence-corrected chi connectivity index (χ2v) is 4.27. The first-order chi connectivity index (χ1) is 7.58. The lowest BCUT2D eigenvalue weighted by Gasteiger charge is -2.07. The highest BCUT2D eigenvalue weighted by Gasteiger charge is 2.02. The van der Waals surface area contributed by atoms with Crippen LogP contribution in [-0.4, -0.2) is 18.5 Å². The third-order valence-corrected chi connectivity index (χ3v) is 2.38. The predicted molar refractivity (Wildman–Crippen MR) is 66.2 cm³/mol. The van der Waals surface area contributed by atoms with Gasteiger partial charge < -0.3 is 11.1 Å². The Morgan fingerprint density at radius 2 is 2.00 bits per heavy atom. The molecule has 0 radical (unpaired) electrons. The molecule has 0 aliphatic rings. The molecule has 0 fully saturated rings. The normalized spacial score (nSPS) is 12.2. The lowest BCUT2D eigenvalue weighted by molar-refractivity contribution is -0.121. The van der Waals surface area contributed by atoms with Crippen LogP contribution in [-0.2, 0) is 11.2 Å². The molecule has 1 aromatic carbocycles. The van der Waals surface area contributed by atoms with Gasteiger partial charge in [0.15, 0.2) is 0 Å². The van der Waals surface area contributed by atoms with Crippen molar-refractivity contribution in [3.63, 3.8) is 0 Å². The molecule has 1 unspecified atom stereocenters. The van der Waals surface area contributed by atoms with Gasteiger partial charge in [0.1, 0.15) is 0 Å². The van der Waals surface area contributed by atoms with Crippen LogP contribution in [0.3, 0.4) is 0 Å². The van der Waals surface area contributed by atoms with Crippen molar-refractivity contribution in [1.82, 2.24) is 5.32 Å². The highest BCUT2D eigenvalue weighted by molar-refractivity contribution is 5.76. The molecule has 1 amide bonds. The molecule has 0 saturated carbocycles. The summed E-state index contributed by atoms with van der Waals surface area (Å²) >= 11 is 0. The fraction of sp³-hybridized carbons (Fsp3) is 0.462. The summed E-state index contributed by atoms with van der Waals surface area (Å²) < 4.78 is 0. The first-order valence-electron chi connectivity index (χ1n) is 5.66. The smallest absolute Gasteiger partial charge is 0.220 e. The number of benzene rings is 1. The van der Waals surface area contributed by atoms with Crippen molar-refractivity contribution in [2.45, 2.75) is 32.7 Å². The van der Waals surface area contributed by atoms with Crippen molar-refractivity contribution in [1.29, 1.82) is 0 Å². The van der Waals surface area contributed by atoms with Crippen LogP contribution in [0, 0.1) is 6.92 Å². The second-order valence-electron chi connectivity index (χ2n) is 4.27. The summed E-state index contributed by atoms with van der Waals surface area (Å²) in [6.45, 7) is 4.48. The number of rotatable bonds is 5. The van der Waals surface area contributed by atoms with E-state index in [1.807, 2.05) is 6.92 Å². The van der Waals surface area contributed by atoms with Gasteiger partial charge in [-0.05, 0) is 25.8 Å². The standard InChI is InChI=1S/C13H20N2O/c1-10-3-5-12(6-4-10)7-8-13(16)15-9-11(2)14/h3-6,11H,7-9,14H2,1-2H3,(H,15,16). The summed E-state index contributed by atoms with van der Waals surface area (Å²) in [5.74, 6) is 0.0675. The van der Waals surface area contributed by atoms with Crippen molar-refractivity contribution in [3.05, 3.63) is 35.4 Å². The molecule has 88 valence electrons. The Bertz CT molecular complexity index is 330. The predicted octanol–water partition coefficient (Wildman–Crippen LogP) is 1.39. The van der Waals surface area contributed by atoms with Crippen LogP contribution in [0.5, 0.6) is 0 Å². The molecule has 3 N–H and O–H groups in total.